The highest BCUT2D eigenvalue weighted by atomic mass is 16.2. The zero-order valence-electron chi connectivity index (χ0n) is 16.4. The van der Waals surface area contributed by atoms with Crippen molar-refractivity contribution >= 4 is 11.8 Å². The maximum absolute atomic E-state index is 12.7. The van der Waals surface area contributed by atoms with Crippen LogP contribution in [0.15, 0.2) is 0 Å². The van der Waals surface area contributed by atoms with Gasteiger partial charge in [-0.3, -0.25) is 9.59 Å². The van der Waals surface area contributed by atoms with E-state index in [1.54, 1.807) is 0 Å². The summed E-state index contributed by atoms with van der Waals surface area (Å²) in [4.78, 5) is 27.1. The summed E-state index contributed by atoms with van der Waals surface area (Å²) in [5.41, 5.74) is 0. The van der Waals surface area contributed by atoms with E-state index in [4.69, 9.17) is 0 Å². The Balaban J connectivity index is 1.80. The topological polar surface area (TPSA) is 61.4 Å². The van der Waals surface area contributed by atoms with Gasteiger partial charge in [0.25, 0.3) is 0 Å². The van der Waals surface area contributed by atoms with Crippen molar-refractivity contribution in [2.24, 2.45) is 17.8 Å². The van der Waals surface area contributed by atoms with Crippen LogP contribution in [0.4, 0.5) is 0 Å². The molecule has 5 nitrogen and oxygen atoms in total. The molecule has 0 aromatic heterocycles. The Bertz CT molecular complexity index is 435. The van der Waals surface area contributed by atoms with Crippen LogP contribution in [0, 0.1) is 17.8 Å². The number of carbonyl (C=O) groups excluding carboxylic acids is 2. The number of nitrogens with zero attached hydrogens (tertiary/aromatic N) is 1. The number of piperidine rings is 2. The van der Waals surface area contributed by atoms with E-state index in [2.05, 4.69) is 31.4 Å². The molecule has 2 amide bonds. The van der Waals surface area contributed by atoms with Gasteiger partial charge in [0.05, 0.1) is 5.92 Å². The second-order valence-electron chi connectivity index (χ2n) is 8.15. The molecule has 0 spiro atoms. The number of hydrogen-bond acceptors (Lipinski definition) is 3. The summed E-state index contributed by atoms with van der Waals surface area (Å²) in [6.45, 7) is 9.97. The van der Waals surface area contributed by atoms with E-state index in [0.29, 0.717) is 24.8 Å². The van der Waals surface area contributed by atoms with Gasteiger partial charge in [-0.2, -0.15) is 0 Å². The molecule has 0 aromatic carbocycles. The van der Waals surface area contributed by atoms with Crippen LogP contribution in [0.25, 0.3) is 0 Å². The molecule has 2 fully saturated rings. The molecule has 0 aromatic rings. The predicted molar refractivity (Wildman–Crippen MR) is 101 cm³/mol. The maximum atomic E-state index is 12.7. The Hall–Kier alpha value is -1.10. The second kappa shape index (κ2) is 10.1. The van der Waals surface area contributed by atoms with Crippen LogP contribution in [0.2, 0.25) is 0 Å². The summed E-state index contributed by atoms with van der Waals surface area (Å²) in [5.74, 6) is 1.43. The molecule has 0 aliphatic carbocycles. The van der Waals surface area contributed by atoms with Gasteiger partial charge in [-0.25, -0.2) is 0 Å². The first-order valence-corrected chi connectivity index (χ1v) is 10.3. The van der Waals surface area contributed by atoms with Crippen LogP contribution in [0.3, 0.4) is 0 Å². The molecule has 5 heteroatoms. The molecule has 0 bridgehead atoms. The minimum absolute atomic E-state index is 0.0359. The number of amides is 2. The third kappa shape index (κ3) is 6.28. The zero-order valence-corrected chi connectivity index (χ0v) is 16.4. The average molecular weight is 352 g/mol. The van der Waals surface area contributed by atoms with Crippen molar-refractivity contribution in [3.8, 4) is 0 Å². The van der Waals surface area contributed by atoms with Gasteiger partial charge in [0.1, 0.15) is 0 Å². The molecule has 2 N–H and O–H groups in total. The molecular weight excluding hydrogens is 314 g/mol. The SMILES string of the molecule is CCCC(C)NC(=O)C1CCCN(C(=O)CC(C)C2CCNCC2)C1. The van der Waals surface area contributed by atoms with Crippen LogP contribution in [0.1, 0.15) is 65.7 Å². The molecule has 2 aliphatic heterocycles. The third-order valence-electron chi connectivity index (χ3n) is 5.94. The molecule has 2 rings (SSSR count). The summed E-state index contributed by atoms with van der Waals surface area (Å²) in [6.07, 6.45) is 6.90. The van der Waals surface area contributed by atoms with Crippen molar-refractivity contribution in [1.82, 2.24) is 15.5 Å². The van der Waals surface area contributed by atoms with Crippen molar-refractivity contribution in [2.75, 3.05) is 26.2 Å². The lowest BCUT2D eigenvalue weighted by Gasteiger charge is -2.34. The smallest absolute Gasteiger partial charge is 0.225 e. The van der Waals surface area contributed by atoms with Gasteiger partial charge in [0, 0.05) is 25.6 Å². The van der Waals surface area contributed by atoms with Crippen LogP contribution >= 0.6 is 0 Å². The molecule has 144 valence electrons. The minimum atomic E-state index is -0.0359. The van der Waals surface area contributed by atoms with Gasteiger partial charge in [-0.1, -0.05) is 20.3 Å². The standard InChI is InChI=1S/C20H37N3O2/c1-4-6-16(3)22-20(25)18-7-5-12-23(14-18)19(24)13-15(2)17-8-10-21-11-9-17/h15-18,21H,4-14H2,1-3H3,(H,22,25). The number of hydrogen-bond donors (Lipinski definition) is 2. The zero-order chi connectivity index (χ0) is 18.2. The molecular formula is C20H37N3O2. The van der Waals surface area contributed by atoms with E-state index >= 15 is 0 Å². The summed E-state index contributed by atoms with van der Waals surface area (Å²) in [6, 6.07) is 0.225. The lowest BCUT2D eigenvalue weighted by atomic mass is 9.83. The molecule has 2 heterocycles. The molecule has 3 atom stereocenters. The van der Waals surface area contributed by atoms with E-state index < -0.39 is 0 Å². The molecule has 2 saturated heterocycles. The Morgan fingerprint density at radius 3 is 2.60 bits per heavy atom. The van der Waals surface area contributed by atoms with Gasteiger partial charge in [-0.15, -0.1) is 0 Å². The molecule has 2 aliphatic rings. The normalized spacial score (nSPS) is 24.6. The first-order chi connectivity index (χ1) is 12.0. The van der Waals surface area contributed by atoms with Crippen molar-refractivity contribution in [3.63, 3.8) is 0 Å². The Morgan fingerprint density at radius 2 is 1.92 bits per heavy atom. The number of carbonyl (C=O) groups is 2. The Kier molecular flexibility index (Phi) is 8.20. The highest BCUT2D eigenvalue weighted by Crippen LogP contribution is 2.26. The first kappa shape index (κ1) is 20.2. The van der Waals surface area contributed by atoms with E-state index in [1.165, 1.54) is 12.8 Å². The maximum Gasteiger partial charge on any atom is 0.225 e. The van der Waals surface area contributed by atoms with Crippen molar-refractivity contribution in [1.29, 1.82) is 0 Å². The quantitative estimate of drug-likeness (QED) is 0.741. The van der Waals surface area contributed by atoms with Crippen molar-refractivity contribution in [2.45, 2.75) is 71.8 Å². The van der Waals surface area contributed by atoms with E-state index in [0.717, 1.165) is 45.3 Å². The monoisotopic (exact) mass is 351 g/mol. The number of nitrogens with one attached hydrogen (secondary N) is 2. The number of likely N-dealkylation sites (tertiary alicyclic amines) is 1. The van der Waals surface area contributed by atoms with Gasteiger partial charge in [0.2, 0.25) is 11.8 Å². The largest absolute Gasteiger partial charge is 0.353 e. The van der Waals surface area contributed by atoms with Gasteiger partial charge >= 0.3 is 0 Å². The minimum Gasteiger partial charge on any atom is -0.353 e. The molecule has 0 saturated carbocycles. The lowest BCUT2D eigenvalue weighted by molar-refractivity contribution is -0.137. The summed E-state index contributed by atoms with van der Waals surface area (Å²) in [5, 5.41) is 6.51. The van der Waals surface area contributed by atoms with Crippen LogP contribution in [0.5, 0.6) is 0 Å². The summed E-state index contributed by atoms with van der Waals surface area (Å²) < 4.78 is 0. The van der Waals surface area contributed by atoms with E-state index in [9.17, 15) is 9.59 Å². The van der Waals surface area contributed by atoms with E-state index in [-0.39, 0.29) is 23.8 Å². The van der Waals surface area contributed by atoms with E-state index in [1.807, 2.05) is 4.90 Å². The fourth-order valence-corrected chi connectivity index (χ4v) is 4.27. The molecule has 25 heavy (non-hydrogen) atoms. The van der Waals surface area contributed by atoms with Gasteiger partial charge < -0.3 is 15.5 Å². The molecule has 0 radical (unpaired) electrons. The lowest BCUT2D eigenvalue weighted by Crippen LogP contribution is -2.47. The predicted octanol–water partition coefficient (Wildman–Crippen LogP) is 2.56. The van der Waals surface area contributed by atoms with Crippen molar-refractivity contribution < 1.29 is 9.59 Å². The van der Waals surface area contributed by atoms with Gasteiger partial charge in [-0.05, 0) is 64.0 Å². The van der Waals surface area contributed by atoms with Gasteiger partial charge in [0.15, 0.2) is 0 Å². The highest BCUT2D eigenvalue weighted by Gasteiger charge is 2.30. The molecule has 3 unspecified atom stereocenters. The summed E-state index contributed by atoms with van der Waals surface area (Å²) in [7, 11) is 0. The average Bonchev–Trinajstić information content (AvgIpc) is 2.62. The number of rotatable bonds is 7. The fraction of sp³-hybridized carbons (Fsp3) is 0.900. The van der Waals surface area contributed by atoms with Crippen LogP contribution < -0.4 is 10.6 Å². The Labute approximate surface area is 153 Å². The highest BCUT2D eigenvalue weighted by molar-refractivity contribution is 5.81. The first-order valence-electron chi connectivity index (χ1n) is 10.3. The van der Waals surface area contributed by atoms with Crippen molar-refractivity contribution in [3.05, 3.63) is 0 Å². The van der Waals surface area contributed by atoms with Crippen LogP contribution in [-0.2, 0) is 9.59 Å². The second-order valence-corrected chi connectivity index (χ2v) is 8.15. The summed E-state index contributed by atoms with van der Waals surface area (Å²) >= 11 is 0. The van der Waals surface area contributed by atoms with Crippen LogP contribution in [-0.4, -0.2) is 48.9 Å². The Morgan fingerprint density at radius 1 is 1.20 bits per heavy atom. The fourth-order valence-electron chi connectivity index (χ4n) is 4.27. The third-order valence-corrected chi connectivity index (χ3v) is 5.94.